The number of benzene rings is 1. The van der Waals surface area contributed by atoms with E-state index in [4.69, 9.17) is 12.2 Å². The van der Waals surface area contributed by atoms with Gasteiger partial charge in [0.2, 0.25) is 0 Å². The molecule has 0 amide bonds. The van der Waals surface area contributed by atoms with Crippen molar-refractivity contribution in [3.8, 4) is 0 Å². The molecule has 1 N–H and O–H groups in total. The van der Waals surface area contributed by atoms with Crippen molar-refractivity contribution in [1.29, 1.82) is 0 Å². The van der Waals surface area contributed by atoms with Gasteiger partial charge in [0.25, 0.3) is 0 Å². The van der Waals surface area contributed by atoms with Crippen LogP contribution in [0.5, 0.6) is 0 Å². The Morgan fingerprint density at radius 2 is 2.05 bits per heavy atom. The van der Waals surface area contributed by atoms with Crippen molar-refractivity contribution in [3.63, 3.8) is 0 Å². The quantitative estimate of drug-likeness (QED) is 0.725. The Morgan fingerprint density at radius 3 is 2.79 bits per heavy atom. The number of H-pyrrole nitrogens is 1. The van der Waals surface area contributed by atoms with E-state index in [1.54, 1.807) is 0 Å². The van der Waals surface area contributed by atoms with E-state index in [2.05, 4.69) is 48.5 Å². The highest BCUT2D eigenvalue weighted by atomic mass is 32.1. The molecule has 1 fully saturated rings. The molecule has 0 radical (unpaired) electrons. The Labute approximate surface area is 119 Å². The fraction of sp³-hybridized carbons (Fsp3) is 0.562. The van der Waals surface area contributed by atoms with Crippen molar-refractivity contribution in [1.82, 2.24) is 9.55 Å². The molecule has 3 unspecified atom stereocenters. The van der Waals surface area contributed by atoms with Gasteiger partial charge in [0.05, 0.1) is 11.0 Å². The number of rotatable bonds is 1. The highest BCUT2D eigenvalue weighted by Gasteiger charge is 2.28. The minimum atomic E-state index is 0.556. The largest absolute Gasteiger partial charge is 0.331 e. The second kappa shape index (κ2) is 4.78. The van der Waals surface area contributed by atoms with Gasteiger partial charge in [-0.05, 0) is 67.9 Å². The van der Waals surface area contributed by atoms with Gasteiger partial charge in [0.1, 0.15) is 0 Å². The van der Waals surface area contributed by atoms with Crippen molar-refractivity contribution in [2.45, 2.75) is 46.1 Å². The van der Waals surface area contributed by atoms with E-state index in [1.807, 2.05) is 0 Å². The molecule has 0 aliphatic heterocycles. The van der Waals surface area contributed by atoms with Crippen LogP contribution in [0.25, 0.3) is 11.0 Å². The molecule has 2 aromatic rings. The topological polar surface area (TPSA) is 20.7 Å². The summed E-state index contributed by atoms with van der Waals surface area (Å²) in [7, 11) is 0. The lowest BCUT2D eigenvalue weighted by molar-refractivity contribution is 0.210. The number of aromatic amines is 1. The Morgan fingerprint density at radius 1 is 1.26 bits per heavy atom. The lowest BCUT2D eigenvalue weighted by Crippen LogP contribution is -2.24. The summed E-state index contributed by atoms with van der Waals surface area (Å²) in [6.45, 7) is 6.86. The minimum absolute atomic E-state index is 0.556. The average molecular weight is 274 g/mol. The second-order valence-electron chi connectivity index (χ2n) is 6.28. The fourth-order valence-corrected chi connectivity index (χ4v) is 3.95. The van der Waals surface area contributed by atoms with Gasteiger partial charge in [0, 0.05) is 6.04 Å². The first-order valence-corrected chi connectivity index (χ1v) is 7.68. The van der Waals surface area contributed by atoms with Gasteiger partial charge in [-0.2, -0.15) is 0 Å². The molecule has 3 heteroatoms. The monoisotopic (exact) mass is 274 g/mol. The van der Waals surface area contributed by atoms with Gasteiger partial charge in [-0.25, -0.2) is 0 Å². The summed E-state index contributed by atoms with van der Waals surface area (Å²) in [6, 6.07) is 7.14. The number of hydrogen-bond acceptors (Lipinski definition) is 1. The van der Waals surface area contributed by atoms with E-state index in [1.165, 1.54) is 35.9 Å². The van der Waals surface area contributed by atoms with E-state index in [0.717, 1.165) is 10.7 Å². The van der Waals surface area contributed by atoms with Crippen molar-refractivity contribution < 1.29 is 0 Å². The molecule has 0 spiro atoms. The van der Waals surface area contributed by atoms with Gasteiger partial charge in [-0.1, -0.05) is 19.9 Å². The molecule has 3 atom stereocenters. The van der Waals surface area contributed by atoms with Crippen molar-refractivity contribution >= 4 is 23.3 Å². The predicted octanol–water partition coefficient (Wildman–Crippen LogP) is 5.00. The summed E-state index contributed by atoms with van der Waals surface area (Å²) in [6.07, 6.45) is 3.87. The van der Waals surface area contributed by atoms with Gasteiger partial charge in [0.15, 0.2) is 4.77 Å². The van der Waals surface area contributed by atoms with Crippen LogP contribution in [0.15, 0.2) is 18.2 Å². The maximum Gasteiger partial charge on any atom is 0.178 e. The highest BCUT2D eigenvalue weighted by molar-refractivity contribution is 7.71. The van der Waals surface area contributed by atoms with Gasteiger partial charge < -0.3 is 9.55 Å². The zero-order valence-electron chi connectivity index (χ0n) is 11.9. The Kier molecular flexibility index (Phi) is 3.25. The summed E-state index contributed by atoms with van der Waals surface area (Å²) in [5.41, 5.74) is 3.72. The van der Waals surface area contributed by atoms with Crippen LogP contribution >= 0.6 is 12.2 Å². The molecular weight excluding hydrogens is 252 g/mol. The van der Waals surface area contributed by atoms with Crippen LogP contribution in [0.2, 0.25) is 0 Å². The van der Waals surface area contributed by atoms with E-state index >= 15 is 0 Å². The van der Waals surface area contributed by atoms with Crippen LogP contribution in [-0.2, 0) is 0 Å². The molecule has 1 aliphatic carbocycles. The molecule has 0 saturated heterocycles. The molecule has 3 rings (SSSR count). The Balaban J connectivity index is 2.09. The number of aryl methyl sites for hydroxylation is 1. The SMILES string of the molecule is Cc1ccc2c(c1)[nH]c(=S)n2C1CCC(C)CC1C. The third kappa shape index (κ3) is 2.25. The van der Waals surface area contributed by atoms with Crippen molar-refractivity contribution in [2.75, 3.05) is 0 Å². The predicted molar refractivity (Wildman–Crippen MR) is 83.1 cm³/mol. The second-order valence-corrected chi connectivity index (χ2v) is 6.67. The first-order valence-electron chi connectivity index (χ1n) is 7.27. The van der Waals surface area contributed by atoms with E-state index < -0.39 is 0 Å². The molecule has 1 aromatic carbocycles. The van der Waals surface area contributed by atoms with Crippen LogP contribution in [0, 0.1) is 23.5 Å². The molecule has 1 aromatic heterocycles. The van der Waals surface area contributed by atoms with Crippen LogP contribution in [0.4, 0.5) is 0 Å². The molecule has 1 saturated carbocycles. The lowest BCUT2D eigenvalue weighted by atomic mass is 9.79. The number of aromatic nitrogens is 2. The molecule has 2 nitrogen and oxygen atoms in total. The zero-order valence-corrected chi connectivity index (χ0v) is 12.8. The highest BCUT2D eigenvalue weighted by Crippen LogP contribution is 2.38. The maximum absolute atomic E-state index is 5.57. The molecule has 0 bridgehead atoms. The zero-order chi connectivity index (χ0) is 13.6. The van der Waals surface area contributed by atoms with Gasteiger partial charge >= 0.3 is 0 Å². The van der Waals surface area contributed by atoms with Crippen LogP contribution in [0.1, 0.15) is 44.7 Å². The number of imidazole rings is 1. The van der Waals surface area contributed by atoms with Crippen LogP contribution in [-0.4, -0.2) is 9.55 Å². The molecular formula is C16H22N2S. The Hall–Kier alpha value is -1.09. The molecule has 1 aliphatic rings. The minimum Gasteiger partial charge on any atom is -0.331 e. The van der Waals surface area contributed by atoms with Crippen LogP contribution in [0.3, 0.4) is 0 Å². The smallest absolute Gasteiger partial charge is 0.178 e. The number of nitrogens with zero attached hydrogens (tertiary/aromatic N) is 1. The lowest BCUT2D eigenvalue weighted by Gasteiger charge is -2.33. The van der Waals surface area contributed by atoms with Crippen molar-refractivity contribution in [3.05, 3.63) is 28.5 Å². The Bertz CT molecular complexity index is 652. The van der Waals surface area contributed by atoms with Gasteiger partial charge in [-0.15, -0.1) is 0 Å². The summed E-state index contributed by atoms with van der Waals surface area (Å²) in [5.74, 6) is 1.56. The van der Waals surface area contributed by atoms with Gasteiger partial charge in [-0.3, -0.25) is 0 Å². The summed E-state index contributed by atoms with van der Waals surface area (Å²) in [4.78, 5) is 3.37. The first-order chi connectivity index (χ1) is 9.06. The fourth-order valence-electron chi connectivity index (χ4n) is 3.61. The summed E-state index contributed by atoms with van der Waals surface area (Å²) >= 11 is 5.57. The number of hydrogen-bond donors (Lipinski definition) is 1. The number of fused-ring (bicyclic) bond motifs is 1. The van der Waals surface area contributed by atoms with E-state index in [0.29, 0.717) is 12.0 Å². The third-order valence-electron chi connectivity index (χ3n) is 4.59. The first kappa shape index (κ1) is 12.9. The molecule has 19 heavy (non-hydrogen) atoms. The van der Waals surface area contributed by atoms with E-state index in [-0.39, 0.29) is 0 Å². The standard InChI is InChI=1S/C16H22N2S/c1-10-4-6-14(12(3)8-10)18-15-7-5-11(2)9-13(15)17-16(18)19/h5,7,9-10,12,14H,4,6,8H2,1-3H3,(H,17,19). The molecule has 1 heterocycles. The average Bonchev–Trinajstić information content (AvgIpc) is 2.65. The molecule has 102 valence electrons. The van der Waals surface area contributed by atoms with Crippen molar-refractivity contribution in [2.24, 2.45) is 11.8 Å². The number of nitrogens with one attached hydrogen (secondary N) is 1. The van der Waals surface area contributed by atoms with Crippen LogP contribution < -0.4 is 0 Å². The summed E-state index contributed by atoms with van der Waals surface area (Å²) in [5, 5.41) is 0. The normalized spacial score (nSPS) is 27.8. The third-order valence-corrected chi connectivity index (χ3v) is 4.89. The van der Waals surface area contributed by atoms with E-state index in [9.17, 15) is 0 Å². The summed E-state index contributed by atoms with van der Waals surface area (Å²) < 4.78 is 3.24. The maximum atomic E-state index is 5.57.